The van der Waals surface area contributed by atoms with Gasteiger partial charge in [0.25, 0.3) is 0 Å². The minimum Gasteiger partial charge on any atom is -0.294 e. The summed E-state index contributed by atoms with van der Waals surface area (Å²) < 4.78 is 0.947. The van der Waals surface area contributed by atoms with Gasteiger partial charge in [-0.05, 0) is 52.4 Å². The van der Waals surface area contributed by atoms with E-state index in [2.05, 4.69) is 27.6 Å². The van der Waals surface area contributed by atoms with Crippen molar-refractivity contribution in [2.75, 3.05) is 0 Å². The molecule has 1 aromatic heterocycles. The first-order chi connectivity index (χ1) is 8.59. The van der Waals surface area contributed by atoms with Gasteiger partial charge in [-0.25, -0.2) is 0 Å². The molecule has 2 rings (SSSR count). The molecule has 0 bridgehead atoms. The van der Waals surface area contributed by atoms with Crippen molar-refractivity contribution in [1.82, 2.24) is 4.98 Å². The summed E-state index contributed by atoms with van der Waals surface area (Å²) in [4.78, 5) is 16.3. The normalized spacial score (nSPS) is 12.2. The highest BCUT2D eigenvalue weighted by atomic mass is 127. The largest absolute Gasteiger partial charge is 0.294 e. The van der Waals surface area contributed by atoms with Crippen LogP contribution in [0.2, 0.25) is 5.02 Å². The molecule has 0 aliphatic carbocycles. The summed E-state index contributed by atoms with van der Waals surface area (Å²) >= 11 is 8.18. The summed E-state index contributed by atoms with van der Waals surface area (Å²) in [7, 11) is 0. The van der Waals surface area contributed by atoms with Crippen molar-refractivity contribution >= 4 is 40.0 Å². The Morgan fingerprint density at radius 1 is 1.28 bits per heavy atom. The van der Waals surface area contributed by atoms with Gasteiger partial charge in [-0.15, -0.1) is 0 Å². The summed E-state index contributed by atoms with van der Waals surface area (Å²) in [6.45, 7) is 1.89. The third-order valence-corrected chi connectivity index (χ3v) is 4.38. The second-order valence-corrected chi connectivity index (χ2v) is 5.56. The predicted octanol–water partition coefficient (Wildman–Crippen LogP) is 4.33. The quantitative estimate of drug-likeness (QED) is 0.594. The molecule has 0 N–H and O–H groups in total. The fraction of sp³-hybridized carbons (Fsp3) is 0.143. The van der Waals surface area contributed by atoms with Gasteiger partial charge < -0.3 is 0 Å². The fourth-order valence-electron chi connectivity index (χ4n) is 1.70. The van der Waals surface area contributed by atoms with Gasteiger partial charge in [-0.2, -0.15) is 0 Å². The number of aromatic nitrogens is 1. The number of carbonyl (C=O) groups excluding carboxylic acids is 1. The number of Topliss-reactive ketones (excluding diaryl/α,β-unsaturated/α-hetero) is 1. The molecule has 0 amide bonds. The maximum absolute atomic E-state index is 12.3. The highest BCUT2D eigenvalue weighted by Crippen LogP contribution is 2.24. The molecular weight excluding hydrogens is 361 g/mol. The Morgan fingerprint density at radius 2 is 1.94 bits per heavy atom. The van der Waals surface area contributed by atoms with Gasteiger partial charge in [0, 0.05) is 27.4 Å². The summed E-state index contributed by atoms with van der Waals surface area (Å²) in [6, 6.07) is 9.11. The molecule has 1 aromatic carbocycles. The van der Waals surface area contributed by atoms with Crippen molar-refractivity contribution in [3.63, 3.8) is 0 Å². The Labute approximate surface area is 125 Å². The van der Waals surface area contributed by atoms with Gasteiger partial charge >= 0.3 is 0 Å². The SMILES string of the molecule is CC(C(=O)c1ccc(I)c(Cl)c1)c1ccncc1. The summed E-state index contributed by atoms with van der Waals surface area (Å²) in [5, 5.41) is 0.614. The van der Waals surface area contributed by atoms with Gasteiger partial charge in [0.05, 0.1) is 5.02 Å². The molecule has 1 unspecified atom stereocenters. The van der Waals surface area contributed by atoms with Crippen LogP contribution in [0.3, 0.4) is 0 Å². The average Bonchev–Trinajstić information content (AvgIpc) is 2.41. The lowest BCUT2D eigenvalue weighted by molar-refractivity contribution is 0.0966. The van der Waals surface area contributed by atoms with Crippen LogP contribution in [0.1, 0.15) is 28.8 Å². The van der Waals surface area contributed by atoms with Crippen LogP contribution in [0.4, 0.5) is 0 Å². The van der Waals surface area contributed by atoms with Crippen LogP contribution < -0.4 is 0 Å². The lowest BCUT2D eigenvalue weighted by Gasteiger charge is -2.11. The van der Waals surface area contributed by atoms with E-state index in [0.717, 1.165) is 9.13 Å². The van der Waals surface area contributed by atoms with E-state index in [1.54, 1.807) is 18.5 Å². The molecule has 2 aromatic rings. The fourth-order valence-corrected chi connectivity index (χ4v) is 2.22. The van der Waals surface area contributed by atoms with E-state index in [-0.39, 0.29) is 11.7 Å². The number of pyridine rings is 1. The molecule has 0 saturated carbocycles. The van der Waals surface area contributed by atoms with Crippen molar-refractivity contribution in [2.45, 2.75) is 12.8 Å². The number of halogens is 2. The summed E-state index contributed by atoms with van der Waals surface area (Å²) in [5.74, 6) is -0.122. The first-order valence-electron chi connectivity index (χ1n) is 5.49. The van der Waals surface area contributed by atoms with E-state index in [9.17, 15) is 4.79 Å². The van der Waals surface area contributed by atoms with Gasteiger partial charge in [0.1, 0.15) is 0 Å². The first kappa shape index (κ1) is 13.5. The van der Waals surface area contributed by atoms with Crippen molar-refractivity contribution in [1.29, 1.82) is 0 Å². The molecule has 1 heterocycles. The van der Waals surface area contributed by atoms with E-state index in [4.69, 9.17) is 11.6 Å². The van der Waals surface area contributed by atoms with Crippen LogP contribution in [0, 0.1) is 3.57 Å². The van der Waals surface area contributed by atoms with Gasteiger partial charge in [0.15, 0.2) is 5.78 Å². The highest BCUT2D eigenvalue weighted by molar-refractivity contribution is 14.1. The molecule has 4 heteroatoms. The molecule has 0 aliphatic heterocycles. The Morgan fingerprint density at radius 3 is 2.56 bits per heavy atom. The van der Waals surface area contributed by atoms with E-state index in [1.807, 2.05) is 31.2 Å². The zero-order chi connectivity index (χ0) is 13.1. The zero-order valence-electron chi connectivity index (χ0n) is 9.73. The Kier molecular flexibility index (Phi) is 4.35. The highest BCUT2D eigenvalue weighted by Gasteiger charge is 2.17. The second-order valence-electron chi connectivity index (χ2n) is 4.00. The van der Waals surface area contributed by atoms with Crippen LogP contribution in [0.15, 0.2) is 42.7 Å². The van der Waals surface area contributed by atoms with Crippen molar-refractivity contribution in [3.05, 3.63) is 62.4 Å². The predicted molar refractivity (Wildman–Crippen MR) is 81.2 cm³/mol. The number of carbonyl (C=O) groups is 1. The molecule has 0 radical (unpaired) electrons. The Balaban J connectivity index is 2.29. The van der Waals surface area contributed by atoms with Crippen LogP contribution >= 0.6 is 34.2 Å². The molecular formula is C14H11ClINO. The minimum atomic E-state index is -0.191. The van der Waals surface area contributed by atoms with Gasteiger partial charge in [-0.1, -0.05) is 24.6 Å². The Bertz CT molecular complexity index is 571. The number of hydrogen-bond acceptors (Lipinski definition) is 2. The average molecular weight is 372 g/mol. The molecule has 0 spiro atoms. The maximum atomic E-state index is 12.3. The van der Waals surface area contributed by atoms with Crippen LogP contribution in [-0.4, -0.2) is 10.8 Å². The molecule has 0 aliphatic rings. The maximum Gasteiger partial charge on any atom is 0.170 e. The molecule has 1 atom stereocenters. The van der Waals surface area contributed by atoms with Crippen LogP contribution in [-0.2, 0) is 0 Å². The number of benzene rings is 1. The molecule has 92 valence electrons. The molecule has 2 nitrogen and oxygen atoms in total. The zero-order valence-corrected chi connectivity index (χ0v) is 12.6. The molecule has 18 heavy (non-hydrogen) atoms. The van der Waals surface area contributed by atoms with Crippen molar-refractivity contribution < 1.29 is 4.79 Å². The number of hydrogen-bond donors (Lipinski definition) is 0. The van der Waals surface area contributed by atoms with Crippen molar-refractivity contribution in [2.24, 2.45) is 0 Å². The third kappa shape index (κ3) is 2.90. The number of ketones is 1. The van der Waals surface area contributed by atoms with E-state index < -0.39 is 0 Å². The molecule has 0 saturated heterocycles. The first-order valence-corrected chi connectivity index (χ1v) is 6.94. The van der Waals surface area contributed by atoms with E-state index in [1.165, 1.54) is 0 Å². The summed E-state index contributed by atoms with van der Waals surface area (Å²) in [6.07, 6.45) is 3.39. The lowest BCUT2D eigenvalue weighted by atomic mass is 9.93. The topological polar surface area (TPSA) is 30.0 Å². The number of rotatable bonds is 3. The van der Waals surface area contributed by atoms with Gasteiger partial charge in [-0.3, -0.25) is 9.78 Å². The lowest BCUT2D eigenvalue weighted by Crippen LogP contribution is -2.09. The van der Waals surface area contributed by atoms with Gasteiger partial charge in [0.2, 0.25) is 0 Å². The Hall–Kier alpha value is -0.940. The number of nitrogens with zero attached hydrogens (tertiary/aromatic N) is 1. The minimum absolute atomic E-state index is 0.0690. The van der Waals surface area contributed by atoms with E-state index in [0.29, 0.717) is 10.6 Å². The summed E-state index contributed by atoms with van der Waals surface area (Å²) in [5.41, 5.74) is 1.61. The third-order valence-electron chi connectivity index (χ3n) is 2.80. The van der Waals surface area contributed by atoms with Crippen LogP contribution in [0.5, 0.6) is 0 Å². The smallest absolute Gasteiger partial charge is 0.170 e. The standard InChI is InChI=1S/C14H11ClINO/c1-9(10-4-6-17-7-5-10)14(18)11-2-3-13(16)12(15)8-11/h2-9H,1H3. The second kappa shape index (κ2) is 5.80. The van der Waals surface area contributed by atoms with Crippen LogP contribution in [0.25, 0.3) is 0 Å². The molecule has 0 fully saturated rings. The van der Waals surface area contributed by atoms with E-state index >= 15 is 0 Å². The monoisotopic (exact) mass is 371 g/mol. The van der Waals surface area contributed by atoms with Crippen molar-refractivity contribution in [3.8, 4) is 0 Å².